The predicted octanol–water partition coefficient (Wildman–Crippen LogP) is 3.09. The Hall–Kier alpha value is -2.31. The molecule has 23 heavy (non-hydrogen) atoms. The Kier molecular flexibility index (Phi) is 5.08. The summed E-state index contributed by atoms with van der Waals surface area (Å²) in [6.45, 7) is 7.24. The van der Waals surface area contributed by atoms with Gasteiger partial charge in [-0.05, 0) is 32.9 Å². The summed E-state index contributed by atoms with van der Waals surface area (Å²) in [4.78, 5) is 24.2. The summed E-state index contributed by atoms with van der Waals surface area (Å²) in [7, 11) is 0. The maximum Gasteiger partial charge on any atom is 0.407 e. The number of ether oxygens (including phenoxy) is 1. The Labute approximate surface area is 135 Å². The van der Waals surface area contributed by atoms with Crippen LogP contribution in [-0.4, -0.2) is 35.7 Å². The second-order valence-corrected chi connectivity index (χ2v) is 6.74. The normalized spacial score (nSPS) is 16.0. The monoisotopic (exact) mass is 321 g/mol. The Morgan fingerprint density at radius 2 is 1.83 bits per heavy atom. The van der Waals surface area contributed by atoms with E-state index in [9.17, 15) is 14.9 Å². The van der Waals surface area contributed by atoms with Gasteiger partial charge in [-0.2, -0.15) is 0 Å². The van der Waals surface area contributed by atoms with Crippen LogP contribution >= 0.6 is 0 Å². The molecular weight excluding hydrogens is 298 g/mol. The van der Waals surface area contributed by atoms with Crippen LogP contribution in [0.1, 0.15) is 33.6 Å². The number of hydrogen-bond donors (Lipinski definition) is 1. The summed E-state index contributed by atoms with van der Waals surface area (Å²) in [6.07, 6.45) is 1.02. The van der Waals surface area contributed by atoms with Gasteiger partial charge in [-0.1, -0.05) is 0 Å². The molecule has 0 bridgehead atoms. The summed E-state index contributed by atoms with van der Waals surface area (Å²) in [5.74, 6) is 0. The zero-order valence-corrected chi connectivity index (χ0v) is 13.7. The molecule has 0 unspecified atom stereocenters. The van der Waals surface area contributed by atoms with Gasteiger partial charge in [-0.15, -0.1) is 0 Å². The van der Waals surface area contributed by atoms with E-state index in [2.05, 4.69) is 10.2 Å². The number of amides is 1. The average molecular weight is 321 g/mol. The number of hydrogen-bond acceptors (Lipinski definition) is 5. The molecular formula is C16H23N3O4. The van der Waals surface area contributed by atoms with E-state index in [4.69, 9.17) is 4.74 Å². The number of nitro benzene ring substituents is 1. The lowest BCUT2D eigenvalue weighted by atomic mass is 10.1. The van der Waals surface area contributed by atoms with Crippen LogP contribution in [0.25, 0.3) is 0 Å². The number of nitrogens with zero attached hydrogens (tertiary/aromatic N) is 2. The van der Waals surface area contributed by atoms with Gasteiger partial charge in [0.2, 0.25) is 0 Å². The highest BCUT2D eigenvalue weighted by atomic mass is 16.6. The number of anilines is 1. The highest BCUT2D eigenvalue weighted by Gasteiger charge is 2.24. The standard InChI is InChI=1S/C16H23N3O4/c1-16(2,3)17-15(20)23-14-8-10-18(11-9-14)12-4-6-13(7-5-12)19(21)22/h4-7,14H,8-11H2,1-3H3,(H,17,20). The largest absolute Gasteiger partial charge is 0.446 e. The van der Waals surface area contributed by atoms with Crippen molar-refractivity contribution in [1.82, 2.24) is 5.32 Å². The zero-order chi connectivity index (χ0) is 17.0. The molecule has 7 nitrogen and oxygen atoms in total. The first-order valence-corrected chi connectivity index (χ1v) is 7.73. The lowest BCUT2D eigenvalue weighted by molar-refractivity contribution is -0.384. The van der Waals surface area contributed by atoms with Crippen LogP contribution in [-0.2, 0) is 4.74 Å². The van der Waals surface area contributed by atoms with Crippen LogP contribution in [0, 0.1) is 10.1 Å². The van der Waals surface area contributed by atoms with E-state index in [1.807, 2.05) is 20.8 Å². The van der Waals surface area contributed by atoms with Gasteiger partial charge in [0.15, 0.2) is 0 Å². The lowest BCUT2D eigenvalue weighted by Gasteiger charge is -2.33. The molecule has 1 N–H and O–H groups in total. The molecule has 1 saturated heterocycles. The highest BCUT2D eigenvalue weighted by molar-refractivity contribution is 5.68. The van der Waals surface area contributed by atoms with Crippen LogP contribution in [0.2, 0.25) is 0 Å². The Morgan fingerprint density at radius 3 is 2.30 bits per heavy atom. The first-order chi connectivity index (χ1) is 10.7. The first kappa shape index (κ1) is 17.1. The van der Waals surface area contributed by atoms with Gasteiger partial charge < -0.3 is 15.0 Å². The third-order valence-corrected chi connectivity index (χ3v) is 3.62. The molecule has 0 saturated carbocycles. The molecule has 1 fully saturated rings. The van der Waals surface area contributed by atoms with Crippen molar-refractivity contribution in [2.45, 2.75) is 45.3 Å². The molecule has 1 aliphatic heterocycles. The van der Waals surface area contributed by atoms with Gasteiger partial charge >= 0.3 is 6.09 Å². The molecule has 1 aromatic carbocycles. The van der Waals surface area contributed by atoms with Crippen molar-refractivity contribution < 1.29 is 14.5 Å². The van der Waals surface area contributed by atoms with Crippen LogP contribution < -0.4 is 10.2 Å². The quantitative estimate of drug-likeness (QED) is 0.683. The van der Waals surface area contributed by atoms with Crippen molar-refractivity contribution in [2.75, 3.05) is 18.0 Å². The molecule has 1 aromatic rings. The maximum absolute atomic E-state index is 11.8. The zero-order valence-electron chi connectivity index (χ0n) is 13.7. The smallest absolute Gasteiger partial charge is 0.407 e. The van der Waals surface area contributed by atoms with E-state index >= 15 is 0 Å². The fourth-order valence-corrected chi connectivity index (χ4v) is 2.50. The summed E-state index contributed by atoms with van der Waals surface area (Å²) >= 11 is 0. The minimum atomic E-state index is -0.405. The summed E-state index contributed by atoms with van der Waals surface area (Å²) in [5, 5.41) is 13.5. The number of non-ortho nitro benzene ring substituents is 1. The fraction of sp³-hybridized carbons (Fsp3) is 0.562. The molecule has 0 radical (unpaired) electrons. The molecule has 1 aliphatic rings. The molecule has 0 spiro atoms. The van der Waals surface area contributed by atoms with Crippen LogP contribution in [0.4, 0.5) is 16.2 Å². The fourth-order valence-electron chi connectivity index (χ4n) is 2.50. The number of nitro groups is 1. The highest BCUT2D eigenvalue weighted by Crippen LogP contribution is 2.24. The average Bonchev–Trinajstić information content (AvgIpc) is 2.46. The minimum Gasteiger partial charge on any atom is -0.446 e. The van der Waals surface area contributed by atoms with Crippen molar-refractivity contribution in [2.24, 2.45) is 0 Å². The Bertz CT molecular complexity index is 558. The van der Waals surface area contributed by atoms with Gasteiger partial charge in [0.05, 0.1) is 4.92 Å². The van der Waals surface area contributed by atoms with Gasteiger partial charge in [-0.3, -0.25) is 10.1 Å². The van der Waals surface area contributed by atoms with E-state index in [1.54, 1.807) is 12.1 Å². The molecule has 7 heteroatoms. The summed E-state index contributed by atoms with van der Waals surface area (Å²) in [6, 6.07) is 6.53. The van der Waals surface area contributed by atoms with Gasteiger partial charge in [-0.25, -0.2) is 4.79 Å². The second kappa shape index (κ2) is 6.85. The number of alkyl carbamates (subject to hydrolysis) is 1. The predicted molar refractivity (Wildman–Crippen MR) is 87.7 cm³/mol. The number of nitrogens with one attached hydrogen (secondary N) is 1. The molecule has 1 heterocycles. The maximum atomic E-state index is 11.8. The topological polar surface area (TPSA) is 84.7 Å². The van der Waals surface area contributed by atoms with Gasteiger partial charge in [0.25, 0.3) is 5.69 Å². The van der Waals surface area contributed by atoms with Gasteiger partial charge in [0, 0.05) is 49.3 Å². The third-order valence-electron chi connectivity index (χ3n) is 3.62. The van der Waals surface area contributed by atoms with E-state index in [1.165, 1.54) is 12.1 Å². The molecule has 1 amide bonds. The molecule has 126 valence electrons. The summed E-state index contributed by atoms with van der Waals surface area (Å²) in [5.41, 5.74) is 0.732. The number of benzene rings is 1. The third kappa shape index (κ3) is 5.12. The summed E-state index contributed by atoms with van der Waals surface area (Å²) < 4.78 is 5.44. The Morgan fingerprint density at radius 1 is 1.26 bits per heavy atom. The SMILES string of the molecule is CC(C)(C)NC(=O)OC1CCN(c2ccc([N+](=O)[O-])cc2)CC1. The van der Waals surface area contributed by atoms with E-state index in [-0.39, 0.29) is 23.4 Å². The molecule has 0 aromatic heterocycles. The van der Waals surface area contributed by atoms with Crippen LogP contribution in [0.5, 0.6) is 0 Å². The van der Waals surface area contributed by atoms with Crippen molar-refractivity contribution >= 4 is 17.5 Å². The number of carbonyl (C=O) groups is 1. The molecule has 2 rings (SSSR count). The second-order valence-electron chi connectivity index (χ2n) is 6.74. The van der Waals surface area contributed by atoms with E-state index in [0.29, 0.717) is 0 Å². The van der Waals surface area contributed by atoms with Crippen molar-refractivity contribution in [3.63, 3.8) is 0 Å². The molecule has 0 atom stereocenters. The van der Waals surface area contributed by atoms with Crippen LogP contribution in [0.15, 0.2) is 24.3 Å². The number of piperidine rings is 1. The van der Waals surface area contributed by atoms with Crippen molar-refractivity contribution in [1.29, 1.82) is 0 Å². The van der Waals surface area contributed by atoms with Gasteiger partial charge in [0.1, 0.15) is 6.10 Å². The molecule has 0 aliphatic carbocycles. The number of carbonyl (C=O) groups excluding carboxylic acids is 1. The number of rotatable bonds is 3. The van der Waals surface area contributed by atoms with E-state index < -0.39 is 4.92 Å². The Balaban J connectivity index is 1.84. The van der Waals surface area contributed by atoms with Crippen molar-refractivity contribution in [3.05, 3.63) is 34.4 Å². The van der Waals surface area contributed by atoms with Crippen molar-refractivity contribution in [3.8, 4) is 0 Å². The van der Waals surface area contributed by atoms with E-state index in [0.717, 1.165) is 31.6 Å². The minimum absolute atomic E-state index is 0.0887. The lowest BCUT2D eigenvalue weighted by Crippen LogP contribution is -2.44. The van der Waals surface area contributed by atoms with Crippen LogP contribution in [0.3, 0.4) is 0 Å². The first-order valence-electron chi connectivity index (χ1n) is 7.73.